The van der Waals surface area contributed by atoms with Crippen molar-refractivity contribution in [2.75, 3.05) is 18.0 Å². The van der Waals surface area contributed by atoms with E-state index in [4.69, 9.17) is 4.98 Å². The number of fused-ring (bicyclic) bond motifs is 1. The summed E-state index contributed by atoms with van der Waals surface area (Å²) in [5.74, 6) is 1.00. The average molecular weight is 307 g/mol. The van der Waals surface area contributed by atoms with Crippen LogP contribution in [0.1, 0.15) is 12.8 Å². The van der Waals surface area contributed by atoms with Gasteiger partial charge in [-0.3, -0.25) is 0 Å². The molecule has 18 heavy (non-hydrogen) atoms. The summed E-state index contributed by atoms with van der Waals surface area (Å²) in [6.45, 7) is 1.76. The van der Waals surface area contributed by atoms with Crippen LogP contribution >= 0.6 is 15.9 Å². The van der Waals surface area contributed by atoms with E-state index in [9.17, 15) is 5.11 Å². The van der Waals surface area contributed by atoms with E-state index in [0.29, 0.717) is 0 Å². The zero-order valence-corrected chi connectivity index (χ0v) is 11.6. The molecule has 1 aliphatic rings. The van der Waals surface area contributed by atoms with Gasteiger partial charge in [-0.1, -0.05) is 12.1 Å². The summed E-state index contributed by atoms with van der Waals surface area (Å²) in [6.07, 6.45) is 1.51. The van der Waals surface area contributed by atoms with Crippen LogP contribution in [-0.2, 0) is 0 Å². The Morgan fingerprint density at radius 2 is 1.94 bits per heavy atom. The van der Waals surface area contributed by atoms with E-state index >= 15 is 0 Å². The number of piperidine rings is 1. The van der Waals surface area contributed by atoms with Crippen molar-refractivity contribution >= 4 is 32.7 Å². The summed E-state index contributed by atoms with van der Waals surface area (Å²) in [4.78, 5) is 6.96. The minimum atomic E-state index is -0.145. The van der Waals surface area contributed by atoms with Crippen LogP contribution in [0.5, 0.6) is 0 Å². The molecule has 94 valence electrons. The Kier molecular flexibility index (Phi) is 3.22. The normalized spacial score (nSPS) is 17.3. The molecule has 0 unspecified atom stereocenters. The van der Waals surface area contributed by atoms with E-state index in [-0.39, 0.29) is 6.10 Å². The molecule has 1 aromatic carbocycles. The number of benzene rings is 1. The third-order valence-corrected chi connectivity index (χ3v) is 4.08. The Labute approximate surface area is 115 Å². The first-order valence-electron chi connectivity index (χ1n) is 6.22. The maximum atomic E-state index is 9.54. The van der Waals surface area contributed by atoms with Crippen LogP contribution in [0.4, 0.5) is 5.82 Å². The number of pyridine rings is 1. The SMILES string of the molecule is OC1CCN(c2ccc3cccc(Br)c3n2)CC1. The van der Waals surface area contributed by atoms with Crippen LogP contribution in [0.3, 0.4) is 0 Å². The van der Waals surface area contributed by atoms with Gasteiger partial charge in [0.2, 0.25) is 0 Å². The van der Waals surface area contributed by atoms with Crippen LogP contribution in [0.2, 0.25) is 0 Å². The van der Waals surface area contributed by atoms with Gasteiger partial charge in [0.25, 0.3) is 0 Å². The first kappa shape index (κ1) is 11.9. The molecule has 3 nitrogen and oxygen atoms in total. The third kappa shape index (κ3) is 2.22. The van der Waals surface area contributed by atoms with Crippen molar-refractivity contribution in [3.05, 3.63) is 34.8 Å². The van der Waals surface area contributed by atoms with Gasteiger partial charge in [-0.25, -0.2) is 4.98 Å². The Morgan fingerprint density at radius 1 is 1.17 bits per heavy atom. The molecule has 0 aliphatic carbocycles. The second-order valence-corrected chi connectivity index (χ2v) is 5.55. The fraction of sp³-hybridized carbons (Fsp3) is 0.357. The summed E-state index contributed by atoms with van der Waals surface area (Å²) >= 11 is 3.54. The Balaban J connectivity index is 1.95. The molecule has 1 N–H and O–H groups in total. The number of anilines is 1. The second-order valence-electron chi connectivity index (χ2n) is 4.70. The molecule has 4 heteroatoms. The standard InChI is InChI=1S/C14H15BrN2O/c15-12-3-1-2-10-4-5-13(16-14(10)12)17-8-6-11(18)7-9-17/h1-5,11,18H,6-9H2. The number of halogens is 1. The first-order valence-corrected chi connectivity index (χ1v) is 7.01. The summed E-state index contributed by atoms with van der Waals surface area (Å²) in [7, 11) is 0. The molecule has 0 spiro atoms. The Hall–Kier alpha value is -1.13. The molecule has 0 atom stereocenters. The molecule has 0 bridgehead atoms. The molecule has 0 amide bonds. The molecule has 1 aliphatic heterocycles. The highest BCUT2D eigenvalue weighted by molar-refractivity contribution is 9.10. The zero-order valence-electron chi connectivity index (χ0n) is 10.0. The van der Waals surface area contributed by atoms with Crippen LogP contribution in [0, 0.1) is 0 Å². The molecule has 1 fully saturated rings. The van der Waals surface area contributed by atoms with Crippen molar-refractivity contribution in [2.45, 2.75) is 18.9 Å². The fourth-order valence-corrected chi connectivity index (χ4v) is 2.84. The molecule has 2 heterocycles. The van der Waals surface area contributed by atoms with Gasteiger partial charge in [-0.2, -0.15) is 0 Å². The van der Waals surface area contributed by atoms with E-state index in [2.05, 4.69) is 39.0 Å². The maximum Gasteiger partial charge on any atom is 0.129 e. The minimum Gasteiger partial charge on any atom is -0.393 e. The summed E-state index contributed by atoms with van der Waals surface area (Å²) in [5.41, 5.74) is 1.00. The van der Waals surface area contributed by atoms with Gasteiger partial charge >= 0.3 is 0 Å². The molecule has 1 saturated heterocycles. The van der Waals surface area contributed by atoms with Gasteiger partial charge in [0.1, 0.15) is 5.82 Å². The number of nitrogens with zero attached hydrogens (tertiary/aromatic N) is 2. The van der Waals surface area contributed by atoms with E-state index in [1.807, 2.05) is 12.1 Å². The maximum absolute atomic E-state index is 9.54. The highest BCUT2D eigenvalue weighted by atomic mass is 79.9. The molecule has 3 rings (SSSR count). The molecule has 2 aromatic rings. The lowest BCUT2D eigenvalue weighted by Gasteiger charge is -2.30. The average Bonchev–Trinajstić information content (AvgIpc) is 2.40. The molecular formula is C14H15BrN2O. The number of aliphatic hydroxyl groups is 1. The van der Waals surface area contributed by atoms with Crippen molar-refractivity contribution in [2.24, 2.45) is 0 Å². The van der Waals surface area contributed by atoms with Crippen LogP contribution in [-0.4, -0.2) is 29.3 Å². The molecular weight excluding hydrogens is 292 g/mol. The van der Waals surface area contributed by atoms with Crippen molar-refractivity contribution in [1.29, 1.82) is 0 Å². The van der Waals surface area contributed by atoms with Crippen molar-refractivity contribution < 1.29 is 5.11 Å². The van der Waals surface area contributed by atoms with Gasteiger partial charge in [-0.15, -0.1) is 0 Å². The number of para-hydroxylation sites is 1. The van der Waals surface area contributed by atoms with Crippen LogP contribution in [0.25, 0.3) is 10.9 Å². The number of rotatable bonds is 1. The number of hydrogen-bond donors (Lipinski definition) is 1. The molecule has 0 radical (unpaired) electrons. The highest BCUT2D eigenvalue weighted by Gasteiger charge is 2.18. The fourth-order valence-electron chi connectivity index (χ4n) is 2.37. The van der Waals surface area contributed by atoms with E-state index in [1.165, 1.54) is 0 Å². The largest absolute Gasteiger partial charge is 0.393 e. The number of hydrogen-bond acceptors (Lipinski definition) is 3. The van der Waals surface area contributed by atoms with E-state index in [0.717, 1.165) is 47.1 Å². The smallest absolute Gasteiger partial charge is 0.129 e. The van der Waals surface area contributed by atoms with Gasteiger partial charge in [0.05, 0.1) is 11.6 Å². The minimum absolute atomic E-state index is 0.145. The second kappa shape index (κ2) is 4.86. The lowest BCUT2D eigenvalue weighted by Crippen LogP contribution is -2.36. The topological polar surface area (TPSA) is 36.4 Å². The zero-order chi connectivity index (χ0) is 12.5. The number of aromatic nitrogens is 1. The van der Waals surface area contributed by atoms with Crippen molar-refractivity contribution in [3.63, 3.8) is 0 Å². The van der Waals surface area contributed by atoms with Crippen molar-refractivity contribution in [3.8, 4) is 0 Å². The number of aliphatic hydroxyl groups excluding tert-OH is 1. The van der Waals surface area contributed by atoms with Crippen molar-refractivity contribution in [1.82, 2.24) is 4.98 Å². The predicted molar refractivity (Wildman–Crippen MR) is 76.9 cm³/mol. The molecule has 0 saturated carbocycles. The Bertz CT molecular complexity index is 565. The van der Waals surface area contributed by atoms with Crippen LogP contribution < -0.4 is 4.90 Å². The summed E-state index contributed by atoms with van der Waals surface area (Å²) in [6, 6.07) is 10.3. The van der Waals surface area contributed by atoms with Gasteiger partial charge in [0, 0.05) is 22.9 Å². The lowest BCUT2D eigenvalue weighted by molar-refractivity contribution is 0.145. The monoisotopic (exact) mass is 306 g/mol. The lowest BCUT2D eigenvalue weighted by atomic mass is 10.1. The van der Waals surface area contributed by atoms with E-state index < -0.39 is 0 Å². The van der Waals surface area contributed by atoms with Gasteiger partial charge in [-0.05, 0) is 47.0 Å². The van der Waals surface area contributed by atoms with Gasteiger partial charge < -0.3 is 10.0 Å². The predicted octanol–water partition coefficient (Wildman–Crippen LogP) is 2.96. The van der Waals surface area contributed by atoms with Crippen LogP contribution in [0.15, 0.2) is 34.8 Å². The quantitative estimate of drug-likeness (QED) is 0.880. The summed E-state index contributed by atoms with van der Waals surface area (Å²) < 4.78 is 1.03. The highest BCUT2D eigenvalue weighted by Crippen LogP contribution is 2.26. The van der Waals surface area contributed by atoms with Gasteiger partial charge in [0.15, 0.2) is 0 Å². The third-order valence-electron chi connectivity index (χ3n) is 3.44. The van der Waals surface area contributed by atoms with E-state index in [1.54, 1.807) is 0 Å². The summed E-state index contributed by atoms with van der Waals surface area (Å²) in [5, 5.41) is 10.7. The Morgan fingerprint density at radius 3 is 2.72 bits per heavy atom. The first-order chi connectivity index (χ1) is 8.74. The molecule has 1 aromatic heterocycles.